The topological polar surface area (TPSA) is 60.5 Å². The van der Waals surface area contributed by atoms with Crippen LogP contribution < -0.4 is 5.32 Å². The average Bonchev–Trinajstić information content (AvgIpc) is 3.37. The zero-order valence-corrected chi connectivity index (χ0v) is 16.4. The van der Waals surface area contributed by atoms with E-state index in [9.17, 15) is 4.79 Å². The Morgan fingerprint density at radius 2 is 2.15 bits per heavy atom. The minimum Gasteiger partial charge on any atom is -0.378 e. The summed E-state index contributed by atoms with van der Waals surface area (Å²) in [6.45, 7) is 1.81. The molecule has 1 amide bonds. The first kappa shape index (κ1) is 18.6. The van der Waals surface area contributed by atoms with Gasteiger partial charge in [-0.05, 0) is 55.7 Å². The Kier molecular flexibility index (Phi) is 6.17. The van der Waals surface area contributed by atoms with Crippen LogP contribution in [0.25, 0.3) is 11.3 Å². The minimum atomic E-state index is -0.0614. The lowest BCUT2D eigenvalue weighted by molar-refractivity contribution is -0.117. The molecule has 0 saturated carbocycles. The van der Waals surface area contributed by atoms with E-state index in [1.807, 2.05) is 5.38 Å². The van der Waals surface area contributed by atoms with Crippen LogP contribution in [0.2, 0.25) is 0 Å². The van der Waals surface area contributed by atoms with E-state index in [1.54, 1.807) is 0 Å². The second-order valence-corrected chi connectivity index (χ2v) is 8.09. The van der Waals surface area contributed by atoms with Gasteiger partial charge >= 0.3 is 0 Å². The Labute approximate surface area is 164 Å². The summed E-state index contributed by atoms with van der Waals surface area (Å²) in [4.78, 5) is 16.7. The van der Waals surface area contributed by atoms with Crippen molar-refractivity contribution in [1.29, 1.82) is 0 Å². The van der Waals surface area contributed by atoms with Gasteiger partial charge in [0, 0.05) is 17.6 Å². The van der Waals surface area contributed by atoms with Gasteiger partial charge in [0.2, 0.25) is 5.91 Å². The number of ether oxygens (including phenoxy) is 2. The number of aromatic nitrogens is 1. The zero-order chi connectivity index (χ0) is 18.5. The van der Waals surface area contributed by atoms with Gasteiger partial charge in [-0.3, -0.25) is 4.79 Å². The number of aryl methyl sites for hydroxylation is 2. The number of thiazole rings is 1. The largest absolute Gasteiger partial charge is 0.378 e. The average molecular weight is 387 g/mol. The lowest BCUT2D eigenvalue weighted by Crippen LogP contribution is -2.18. The highest BCUT2D eigenvalue weighted by molar-refractivity contribution is 7.14. The highest BCUT2D eigenvalue weighted by Crippen LogP contribution is 2.29. The van der Waals surface area contributed by atoms with Gasteiger partial charge in [-0.1, -0.05) is 12.1 Å². The van der Waals surface area contributed by atoms with E-state index in [4.69, 9.17) is 9.47 Å². The number of hydrogen-bond acceptors (Lipinski definition) is 5. The number of fused-ring (bicyclic) bond motifs is 1. The van der Waals surface area contributed by atoms with E-state index in [-0.39, 0.29) is 12.0 Å². The molecule has 1 aliphatic carbocycles. The molecule has 6 heteroatoms. The summed E-state index contributed by atoms with van der Waals surface area (Å²) in [5, 5.41) is 5.53. The highest BCUT2D eigenvalue weighted by Gasteiger charge is 2.16. The number of hydrogen-bond donors (Lipinski definition) is 1. The van der Waals surface area contributed by atoms with Gasteiger partial charge in [0.05, 0.1) is 31.4 Å². The van der Waals surface area contributed by atoms with Gasteiger partial charge in [0.25, 0.3) is 0 Å². The molecule has 27 heavy (non-hydrogen) atoms. The molecule has 1 aromatic heterocycles. The first-order valence-corrected chi connectivity index (χ1v) is 10.7. The van der Waals surface area contributed by atoms with E-state index in [0.717, 1.165) is 37.1 Å². The Hall–Kier alpha value is -1.76. The summed E-state index contributed by atoms with van der Waals surface area (Å²) in [6, 6.07) is 6.63. The number of anilines is 1. The SMILES string of the molecule is O=C(CCOCC1CCCO1)Nc1nc(-c2ccc3c(c2)CCCC3)cs1. The summed E-state index contributed by atoms with van der Waals surface area (Å²) >= 11 is 1.47. The number of carbonyl (C=O) groups excluding carboxylic acids is 1. The highest BCUT2D eigenvalue weighted by atomic mass is 32.1. The minimum absolute atomic E-state index is 0.0614. The Balaban J connectivity index is 1.27. The third-order valence-corrected chi connectivity index (χ3v) is 5.95. The Morgan fingerprint density at radius 1 is 1.26 bits per heavy atom. The molecule has 1 atom stereocenters. The van der Waals surface area contributed by atoms with Gasteiger partial charge < -0.3 is 14.8 Å². The molecule has 5 nitrogen and oxygen atoms in total. The maximum atomic E-state index is 12.1. The molecule has 1 aliphatic heterocycles. The molecule has 2 aliphatic rings. The van der Waals surface area contributed by atoms with Gasteiger partial charge in [-0.25, -0.2) is 4.98 Å². The van der Waals surface area contributed by atoms with Crippen LogP contribution in [0.5, 0.6) is 0 Å². The van der Waals surface area contributed by atoms with Crippen molar-refractivity contribution >= 4 is 22.4 Å². The predicted octanol–water partition coefficient (Wildman–Crippen LogP) is 4.21. The fourth-order valence-electron chi connectivity index (χ4n) is 3.69. The fraction of sp³-hybridized carbons (Fsp3) is 0.524. The normalized spacial score (nSPS) is 19.0. The predicted molar refractivity (Wildman–Crippen MR) is 107 cm³/mol. The molecule has 1 fully saturated rings. The summed E-state index contributed by atoms with van der Waals surface area (Å²) in [7, 11) is 0. The fourth-order valence-corrected chi connectivity index (χ4v) is 4.43. The molecule has 1 unspecified atom stereocenters. The van der Waals surface area contributed by atoms with Gasteiger partial charge in [-0.2, -0.15) is 0 Å². The van der Waals surface area contributed by atoms with Crippen LogP contribution in [0.15, 0.2) is 23.6 Å². The zero-order valence-electron chi connectivity index (χ0n) is 15.5. The smallest absolute Gasteiger partial charge is 0.228 e. The number of amides is 1. The van der Waals surface area contributed by atoms with Crippen molar-refractivity contribution in [1.82, 2.24) is 4.98 Å². The van der Waals surface area contributed by atoms with Crippen molar-refractivity contribution in [2.24, 2.45) is 0 Å². The van der Waals surface area contributed by atoms with Crippen LogP contribution in [0.3, 0.4) is 0 Å². The number of carbonyl (C=O) groups is 1. The molecular weight excluding hydrogens is 360 g/mol. The number of nitrogens with one attached hydrogen (secondary N) is 1. The first-order valence-electron chi connectivity index (χ1n) is 9.85. The van der Waals surface area contributed by atoms with Crippen LogP contribution in [0, 0.1) is 0 Å². The van der Waals surface area contributed by atoms with Gasteiger partial charge in [-0.15, -0.1) is 11.3 Å². The second-order valence-electron chi connectivity index (χ2n) is 7.24. The lowest BCUT2D eigenvalue weighted by Gasteiger charge is -2.16. The lowest BCUT2D eigenvalue weighted by atomic mass is 9.90. The van der Waals surface area contributed by atoms with Crippen LogP contribution in [0.1, 0.15) is 43.2 Å². The van der Waals surface area contributed by atoms with E-state index >= 15 is 0 Å². The van der Waals surface area contributed by atoms with E-state index in [0.29, 0.717) is 24.8 Å². The third kappa shape index (κ3) is 4.94. The maximum Gasteiger partial charge on any atom is 0.228 e. The molecular formula is C21H26N2O3S. The van der Waals surface area contributed by atoms with Crippen LogP contribution in [-0.4, -0.2) is 36.8 Å². The molecule has 0 radical (unpaired) electrons. The van der Waals surface area contributed by atoms with E-state index in [2.05, 4.69) is 28.5 Å². The third-order valence-electron chi connectivity index (χ3n) is 5.20. The van der Waals surface area contributed by atoms with Gasteiger partial charge in [0.1, 0.15) is 0 Å². The molecule has 1 saturated heterocycles. The number of rotatable bonds is 7. The van der Waals surface area contributed by atoms with E-state index < -0.39 is 0 Å². The Bertz CT molecular complexity index is 783. The summed E-state index contributed by atoms with van der Waals surface area (Å²) in [5.74, 6) is -0.0614. The summed E-state index contributed by atoms with van der Waals surface area (Å²) in [6.07, 6.45) is 7.58. The number of benzene rings is 1. The van der Waals surface area contributed by atoms with Gasteiger partial charge in [0.15, 0.2) is 5.13 Å². The van der Waals surface area contributed by atoms with E-state index in [1.165, 1.54) is 41.7 Å². The Morgan fingerprint density at radius 3 is 3.00 bits per heavy atom. The standard InChI is InChI=1S/C21H26N2O3S/c24-20(9-11-25-13-18-6-3-10-26-18)23-21-22-19(14-27-21)17-8-7-15-4-1-2-5-16(15)12-17/h7-8,12,14,18H,1-6,9-11,13H2,(H,22,23,24). The van der Waals surface area contributed by atoms with Crippen LogP contribution in [-0.2, 0) is 27.1 Å². The molecule has 1 aromatic carbocycles. The summed E-state index contributed by atoms with van der Waals surface area (Å²) < 4.78 is 11.1. The van der Waals surface area contributed by atoms with Crippen LogP contribution >= 0.6 is 11.3 Å². The van der Waals surface area contributed by atoms with Crippen molar-refractivity contribution in [3.8, 4) is 11.3 Å². The van der Waals surface area contributed by atoms with Crippen molar-refractivity contribution in [2.45, 2.75) is 51.0 Å². The molecule has 2 aromatic rings. The molecule has 2 heterocycles. The van der Waals surface area contributed by atoms with Crippen LogP contribution in [0.4, 0.5) is 5.13 Å². The van der Waals surface area contributed by atoms with Crippen molar-refractivity contribution in [3.05, 3.63) is 34.7 Å². The first-order chi connectivity index (χ1) is 13.3. The molecule has 4 rings (SSSR count). The quantitative estimate of drug-likeness (QED) is 0.724. The summed E-state index contributed by atoms with van der Waals surface area (Å²) in [5.41, 5.74) is 4.98. The monoisotopic (exact) mass is 386 g/mol. The number of nitrogens with zero attached hydrogens (tertiary/aromatic N) is 1. The molecule has 1 N–H and O–H groups in total. The van der Waals surface area contributed by atoms with Crippen molar-refractivity contribution in [3.63, 3.8) is 0 Å². The van der Waals surface area contributed by atoms with Crippen molar-refractivity contribution in [2.75, 3.05) is 25.1 Å². The molecule has 0 bridgehead atoms. The van der Waals surface area contributed by atoms with Crippen molar-refractivity contribution < 1.29 is 14.3 Å². The second kappa shape index (κ2) is 8.95. The maximum absolute atomic E-state index is 12.1. The molecule has 0 spiro atoms. The molecule has 144 valence electrons.